The van der Waals surface area contributed by atoms with Gasteiger partial charge in [0.1, 0.15) is 0 Å². The van der Waals surface area contributed by atoms with Gasteiger partial charge in [0.2, 0.25) is 0 Å². The third kappa shape index (κ3) is 3.49. The predicted octanol–water partition coefficient (Wildman–Crippen LogP) is 1.86. The Morgan fingerprint density at radius 1 is 1.23 bits per heavy atom. The Kier molecular flexibility index (Phi) is 4.46. The van der Waals surface area contributed by atoms with Crippen molar-refractivity contribution in [2.75, 3.05) is 0 Å². The summed E-state index contributed by atoms with van der Waals surface area (Å²) in [5.41, 5.74) is 0. The van der Waals surface area contributed by atoms with Crippen LogP contribution in [0.3, 0.4) is 0 Å². The van der Waals surface area contributed by atoms with E-state index in [1.165, 1.54) is 25.3 Å². The SMILES string of the molecule is C=CC(O)CC(O)C1CCCCC1. The number of aliphatic hydroxyl groups excluding tert-OH is 2. The molecule has 0 bridgehead atoms. The van der Waals surface area contributed by atoms with Crippen LogP contribution in [0, 0.1) is 5.92 Å². The van der Waals surface area contributed by atoms with E-state index in [9.17, 15) is 10.2 Å². The number of aliphatic hydroxyl groups is 2. The molecule has 0 aromatic carbocycles. The van der Waals surface area contributed by atoms with Gasteiger partial charge in [-0.3, -0.25) is 0 Å². The molecule has 0 amide bonds. The molecule has 0 aromatic rings. The predicted molar refractivity (Wildman–Crippen MR) is 53.4 cm³/mol. The monoisotopic (exact) mass is 184 g/mol. The van der Waals surface area contributed by atoms with E-state index in [0.29, 0.717) is 12.3 Å². The third-order valence-corrected chi connectivity index (χ3v) is 2.95. The molecule has 1 aliphatic rings. The summed E-state index contributed by atoms with van der Waals surface area (Å²) in [6.45, 7) is 3.50. The lowest BCUT2D eigenvalue weighted by molar-refractivity contribution is 0.0445. The molecule has 0 spiro atoms. The van der Waals surface area contributed by atoms with Crippen LogP contribution in [0.15, 0.2) is 12.7 Å². The van der Waals surface area contributed by atoms with Crippen LogP contribution in [0.1, 0.15) is 38.5 Å². The van der Waals surface area contributed by atoms with E-state index in [2.05, 4.69) is 6.58 Å². The summed E-state index contributed by atoms with van der Waals surface area (Å²) in [4.78, 5) is 0. The van der Waals surface area contributed by atoms with Gasteiger partial charge in [0.05, 0.1) is 12.2 Å². The van der Waals surface area contributed by atoms with Crippen LogP contribution in [-0.2, 0) is 0 Å². The maximum atomic E-state index is 9.77. The van der Waals surface area contributed by atoms with Gasteiger partial charge in [-0.05, 0) is 18.8 Å². The van der Waals surface area contributed by atoms with Crippen LogP contribution in [0.25, 0.3) is 0 Å². The summed E-state index contributed by atoms with van der Waals surface area (Å²) in [5, 5.41) is 19.0. The van der Waals surface area contributed by atoms with Gasteiger partial charge >= 0.3 is 0 Å². The Morgan fingerprint density at radius 3 is 2.38 bits per heavy atom. The van der Waals surface area contributed by atoms with Crippen molar-refractivity contribution in [3.05, 3.63) is 12.7 Å². The molecule has 1 rings (SSSR count). The Morgan fingerprint density at radius 2 is 1.85 bits per heavy atom. The standard InChI is InChI=1S/C11H20O2/c1-2-10(12)8-11(13)9-6-4-3-5-7-9/h2,9-13H,1,3-8H2. The van der Waals surface area contributed by atoms with Gasteiger partial charge < -0.3 is 10.2 Å². The molecular formula is C11H20O2. The van der Waals surface area contributed by atoms with Crippen LogP contribution in [0.4, 0.5) is 0 Å². The van der Waals surface area contributed by atoms with Gasteiger partial charge in [-0.1, -0.05) is 25.3 Å². The Labute approximate surface area is 80.3 Å². The van der Waals surface area contributed by atoms with Crippen LogP contribution in [-0.4, -0.2) is 22.4 Å². The molecular weight excluding hydrogens is 164 g/mol. The van der Waals surface area contributed by atoms with E-state index in [-0.39, 0.29) is 6.10 Å². The normalized spacial score (nSPS) is 23.8. The van der Waals surface area contributed by atoms with Crippen molar-refractivity contribution in [2.24, 2.45) is 5.92 Å². The van der Waals surface area contributed by atoms with Gasteiger partial charge in [0.15, 0.2) is 0 Å². The summed E-state index contributed by atoms with van der Waals surface area (Å²) >= 11 is 0. The number of hydrogen-bond donors (Lipinski definition) is 2. The molecule has 0 aliphatic heterocycles. The second-order valence-corrected chi connectivity index (χ2v) is 4.00. The maximum absolute atomic E-state index is 9.77. The minimum atomic E-state index is -0.545. The summed E-state index contributed by atoms with van der Waals surface area (Å²) in [7, 11) is 0. The lowest BCUT2D eigenvalue weighted by Gasteiger charge is -2.27. The highest BCUT2D eigenvalue weighted by Crippen LogP contribution is 2.28. The average molecular weight is 184 g/mol. The van der Waals surface area contributed by atoms with E-state index in [4.69, 9.17) is 0 Å². The largest absolute Gasteiger partial charge is 0.393 e. The van der Waals surface area contributed by atoms with Crippen LogP contribution < -0.4 is 0 Å². The number of hydrogen-bond acceptors (Lipinski definition) is 2. The van der Waals surface area contributed by atoms with Gasteiger partial charge in [-0.25, -0.2) is 0 Å². The lowest BCUT2D eigenvalue weighted by Crippen LogP contribution is -2.26. The quantitative estimate of drug-likeness (QED) is 0.655. The Hall–Kier alpha value is -0.340. The zero-order valence-corrected chi connectivity index (χ0v) is 8.15. The van der Waals surface area contributed by atoms with Crippen molar-refractivity contribution in [3.8, 4) is 0 Å². The second kappa shape index (κ2) is 5.40. The molecule has 1 fully saturated rings. The molecule has 0 radical (unpaired) electrons. The maximum Gasteiger partial charge on any atom is 0.0743 e. The first-order valence-corrected chi connectivity index (χ1v) is 5.22. The van der Waals surface area contributed by atoms with E-state index < -0.39 is 6.10 Å². The molecule has 2 nitrogen and oxygen atoms in total. The molecule has 1 aliphatic carbocycles. The Balaban J connectivity index is 2.28. The molecule has 1 saturated carbocycles. The average Bonchev–Trinajstić information content (AvgIpc) is 2.19. The molecule has 2 atom stereocenters. The molecule has 0 heterocycles. The summed E-state index contributed by atoms with van der Waals surface area (Å²) in [6.07, 6.45) is 7.05. The number of rotatable bonds is 4. The fourth-order valence-corrected chi connectivity index (χ4v) is 2.06. The highest BCUT2D eigenvalue weighted by atomic mass is 16.3. The molecule has 0 saturated heterocycles. The van der Waals surface area contributed by atoms with E-state index in [1.807, 2.05) is 0 Å². The first-order valence-electron chi connectivity index (χ1n) is 5.22. The summed E-state index contributed by atoms with van der Waals surface area (Å²) < 4.78 is 0. The van der Waals surface area contributed by atoms with Crippen molar-refractivity contribution in [1.29, 1.82) is 0 Å². The van der Waals surface area contributed by atoms with Gasteiger partial charge in [-0.2, -0.15) is 0 Å². The summed E-state index contributed by atoms with van der Waals surface area (Å²) in [6, 6.07) is 0. The molecule has 13 heavy (non-hydrogen) atoms. The highest BCUT2D eigenvalue weighted by molar-refractivity contribution is 4.83. The smallest absolute Gasteiger partial charge is 0.0743 e. The minimum absolute atomic E-state index is 0.340. The highest BCUT2D eigenvalue weighted by Gasteiger charge is 2.22. The van der Waals surface area contributed by atoms with Gasteiger partial charge in [0.25, 0.3) is 0 Å². The van der Waals surface area contributed by atoms with Crippen LogP contribution in [0.5, 0.6) is 0 Å². The van der Waals surface area contributed by atoms with Crippen molar-refractivity contribution in [3.63, 3.8) is 0 Å². The van der Waals surface area contributed by atoms with Gasteiger partial charge in [-0.15, -0.1) is 6.58 Å². The summed E-state index contributed by atoms with van der Waals surface area (Å²) in [5.74, 6) is 0.406. The fraction of sp³-hybridized carbons (Fsp3) is 0.818. The lowest BCUT2D eigenvalue weighted by atomic mass is 9.83. The van der Waals surface area contributed by atoms with Crippen molar-refractivity contribution >= 4 is 0 Å². The second-order valence-electron chi connectivity index (χ2n) is 4.00. The van der Waals surface area contributed by atoms with Crippen LogP contribution in [0.2, 0.25) is 0 Å². The third-order valence-electron chi connectivity index (χ3n) is 2.95. The van der Waals surface area contributed by atoms with Crippen molar-refractivity contribution in [1.82, 2.24) is 0 Å². The zero-order valence-electron chi connectivity index (χ0n) is 8.15. The van der Waals surface area contributed by atoms with Crippen molar-refractivity contribution < 1.29 is 10.2 Å². The Bertz CT molecular complexity index is 150. The van der Waals surface area contributed by atoms with Gasteiger partial charge in [0, 0.05) is 6.42 Å². The van der Waals surface area contributed by atoms with E-state index in [0.717, 1.165) is 12.8 Å². The first-order chi connectivity index (χ1) is 6.24. The molecule has 0 aromatic heterocycles. The molecule has 2 N–H and O–H groups in total. The first kappa shape index (κ1) is 10.7. The van der Waals surface area contributed by atoms with E-state index in [1.54, 1.807) is 0 Å². The zero-order chi connectivity index (χ0) is 9.68. The van der Waals surface area contributed by atoms with Crippen molar-refractivity contribution in [2.45, 2.75) is 50.7 Å². The topological polar surface area (TPSA) is 40.5 Å². The molecule has 76 valence electrons. The minimum Gasteiger partial charge on any atom is -0.393 e. The van der Waals surface area contributed by atoms with Crippen LogP contribution >= 0.6 is 0 Å². The van der Waals surface area contributed by atoms with E-state index >= 15 is 0 Å². The molecule has 2 unspecified atom stereocenters. The fourth-order valence-electron chi connectivity index (χ4n) is 2.06. The molecule has 2 heteroatoms.